The summed E-state index contributed by atoms with van der Waals surface area (Å²) in [6, 6.07) is 20.4. The fourth-order valence-electron chi connectivity index (χ4n) is 13.3. The van der Waals surface area contributed by atoms with Crippen LogP contribution in [-0.4, -0.2) is 77.5 Å². The molecule has 9 aliphatic rings. The number of para-hydroxylation sites is 2. The average molecular weight is 589 g/mol. The zero-order chi connectivity index (χ0) is 28.9. The molecule has 2 spiro atoms. The maximum Gasteiger partial charge on any atom is 0.0596 e. The van der Waals surface area contributed by atoms with Crippen LogP contribution in [0, 0.1) is 29.6 Å². The van der Waals surface area contributed by atoms with Crippen LogP contribution in [0.2, 0.25) is 0 Å². The number of aliphatic hydroxyl groups excluding tert-OH is 1. The Kier molecular flexibility index (Phi) is 4.91. The molecule has 6 heteroatoms. The van der Waals surface area contributed by atoms with Crippen molar-refractivity contribution >= 4 is 11.4 Å². The van der Waals surface area contributed by atoms with E-state index in [0.29, 0.717) is 53.9 Å². The highest BCUT2D eigenvalue weighted by Gasteiger charge is 2.69. The van der Waals surface area contributed by atoms with Crippen molar-refractivity contribution in [1.82, 2.24) is 9.80 Å². The van der Waals surface area contributed by atoms with E-state index in [4.69, 9.17) is 4.74 Å². The average Bonchev–Trinajstić information content (AvgIpc) is 3.81. The number of nitrogens with zero attached hydrogens (tertiary/aromatic N) is 2. The van der Waals surface area contributed by atoms with Crippen LogP contribution < -0.4 is 10.6 Å². The number of ether oxygens (including phenoxy) is 1. The van der Waals surface area contributed by atoms with Gasteiger partial charge in [0.2, 0.25) is 0 Å². The van der Waals surface area contributed by atoms with Crippen LogP contribution in [0.15, 0.2) is 72.5 Å². The number of fused-ring (bicyclic) bond motifs is 4. The lowest BCUT2D eigenvalue weighted by molar-refractivity contribution is -0.162. The largest absolute Gasteiger partial charge is 0.396 e. The van der Waals surface area contributed by atoms with Gasteiger partial charge in [0.25, 0.3) is 0 Å². The molecule has 7 heterocycles. The standard InChI is InChI=1S/C38H44N4O2/c1-21-34-24-17-33-38(28-7-3-5-9-30(28)40-36(38)26(24)20-44-21)13-15-42(33)31(34)11-10-22-18-41-14-12-37-27-6-2-4-8-29(27)39-35(37)25(19-43)23(22)16-32(37)41/h2-11,18,21,23-26,31-36,39-40,43H,12-17,19-20H2,1H3/b11-10+/t21-,23+,24-,25-,26-,31-,32+,33+,34+,35+,36+,37-,38-/m1/s1. The van der Waals surface area contributed by atoms with Crippen molar-refractivity contribution in [2.45, 2.75) is 79.8 Å². The van der Waals surface area contributed by atoms with Gasteiger partial charge in [0.15, 0.2) is 0 Å². The summed E-state index contributed by atoms with van der Waals surface area (Å²) >= 11 is 0. The van der Waals surface area contributed by atoms with Gasteiger partial charge in [-0.15, -0.1) is 0 Å². The van der Waals surface area contributed by atoms with Gasteiger partial charge in [-0.2, -0.15) is 0 Å². The number of allylic oxidation sites excluding steroid dienone is 2. The van der Waals surface area contributed by atoms with Crippen molar-refractivity contribution in [3.8, 4) is 0 Å². The van der Waals surface area contributed by atoms with Gasteiger partial charge in [0.05, 0.1) is 12.7 Å². The predicted octanol–water partition coefficient (Wildman–Crippen LogP) is 4.73. The van der Waals surface area contributed by atoms with Crippen LogP contribution in [0.3, 0.4) is 0 Å². The maximum absolute atomic E-state index is 11.0. The molecule has 3 N–H and O–H groups in total. The van der Waals surface area contributed by atoms with Crippen LogP contribution >= 0.6 is 0 Å². The van der Waals surface area contributed by atoms with Gasteiger partial charge in [-0.05, 0) is 73.3 Å². The first-order valence-corrected chi connectivity index (χ1v) is 17.5. The Morgan fingerprint density at radius 2 is 1.64 bits per heavy atom. The lowest BCUT2D eigenvalue weighted by Gasteiger charge is -2.62. The first-order chi connectivity index (χ1) is 21.6. The highest BCUT2D eigenvalue weighted by atomic mass is 16.5. The van der Waals surface area contributed by atoms with Crippen LogP contribution in [0.5, 0.6) is 0 Å². The Bertz CT molecular complexity index is 1620. The van der Waals surface area contributed by atoms with Gasteiger partial charge in [-0.3, -0.25) is 4.90 Å². The third kappa shape index (κ3) is 2.79. The molecule has 13 atom stereocenters. The number of piperidine rings is 1. The Labute approximate surface area is 260 Å². The maximum atomic E-state index is 11.0. The summed E-state index contributed by atoms with van der Waals surface area (Å²) in [5, 5.41) is 19.0. The van der Waals surface area contributed by atoms with Gasteiger partial charge in [0, 0.05) is 96.1 Å². The number of hydrogen-bond acceptors (Lipinski definition) is 6. The predicted molar refractivity (Wildman–Crippen MR) is 171 cm³/mol. The van der Waals surface area contributed by atoms with Crippen molar-refractivity contribution in [3.05, 3.63) is 83.6 Å². The lowest BCUT2D eigenvalue weighted by Crippen LogP contribution is -2.69. The lowest BCUT2D eigenvalue weighted by atomic mass is 9.52. The van der Waals surface area contributed by atoms with Crippen molar-refractivity contribution < 1.29 is 9.84 Å². The second kappa shape index (κ2) is 8.51. The molecular formula is C38H44N4O2. The van der Waals surface area contributed by atoms with Crippen LogP contribution in [-0.2, 0) is 15.6 Å². The highest BCUT2D eigenvalue weighted by Crippen LogP contribution is 2.65. The minimum atomic E-state index is 0.114. The Balaban J connectivity index is 0.980. The molecule has 44 heavy (non-hydrogen) atoms. The summed E-state index contributed by atoms with van der Waals surface area (Å²) in [6.45, 7) is 5.74. The van der Waals surface area contributed by atoms with Gasteiger partial charge in [0.1, 0.15) is 0 Å². The Hall–Kier alpha value is -2.80. The van der Waals surface area contributed by atoms with E-state index < -0.39 is 0 Å². The summed E-state index contributed by atoms with van der Waals surface area (Å²) in [7, 11) is 0. The normalized spacial score (nSPS) is 48.3. The molecule has 11 rings (SSSR count). The number of hydrogen-bond donors (Lipinski definition) is 3. The number of aliphatic hydroxyl groups is 1. The highest BCUT2D eigenvalue weighted by molar-refractivity contribution is 5.66. The van der Waals surface area contributed by atoms with Gasteiger partial charge < -0.3 is 25.4 Å². The summed E-state index contributed by atoms with van der Waals surface area (Å²) in [5.74, 6) is 2.38. The molecule has 4 bridgehead atoms. The van der Waals surface area contributed by atoms with E-state index >= 15 is 0 Å². The molecule has 0 aromatic heterocycles. The fourth-order valence-corrected chi connectivity index (χ4v) is 13.3. The molecule has 7 aliphatic heterocycles. The molecular weight excluding hydrogens is 544 g/mol. The molecule has 2 aliphatic carbocycles. The topological polar surface area (TPSA) is 60.0 Å². The monoisotopic (exact) mass is 588 g/mol. The zero-order valence-corrected chi connectivity index (χ0v) is 25.6. The van der Waals surface area contributed by atoms with E-state index in [0.717, 1.165) is 26.1 Å². The molecule has 2 aromatic carbocycles. The third-order valence-corrected chi connectivity index (χ3v) is 14.8. The summed E-state index contributed by atoms with van der Waals surface area (Å²) in [4.78, 5) is 5.58. The minimum Gasteiger partial charge on any atom is -0.396 e. The zero-order valence-electron chi connectivity index (χ0n) is 25.6. The van der Waals surface area contributed by atoms with Crippen LogP contribution in [0.4, 0.5) is 11.4 Å². The van der Waals surface area contributed by atoms with Gasteiger partial charge in [-0.1, -0.05) is 48.6 Å². The van der Waals surface area contributed by atoms with E-state index in [1.165, 1.54) is 41.8 Å². The molecule has 6 nitrogen and oxygen atoms in total. The van der Waals surface area contributed by atoms with Crippen molar-refractivity contribution in [2.75, 3.05) is 36.9 Å². The molecule has 4 saturated heterocycles. The number of benzene rings is 2. The molecule has 0 unspecified atom stereocenters. The summed E-state index contributed by atoms with van der Waals surface area (Å²) < 4.78 is 6.68. The SMILES string of the molecule is C[C@H]1OC[C@@H]2[C@H]3C[C@@H]4N(CC[C@@]45c4ccccc4N[C@@H]25)[C@H](/C=C/C2=CN4CC[C@]56c7ccccc7N[C@H]5[C@H](CO)[C@H]2C[C@H]46)[C@H]31. The van der Waals surface area contributed by atoms with E-state index in [9.17, 15) is 5.11 Å². The van der Waals surface area contributed by atoms with E-state index in [1.807, 2.05) is 0 Å². The fraction of sp³-hybridized carbons (Fsp3) is 0.579. The first kappa shape index (κ1) is 25.4. The molecule has 228 valence electrons. The quantitative estimate of drug-likeness (QED) is 0.482. The summed E-state index contributed by atoms with van der Waals surface area (Å²) in [6.07, 6.45) is 12.8. The minimum absolute atomic E-state index is 0.114. The second-order valence-corrected chi connectivity index (χ2v) is 15.8. The first-order valence-electron chi connectivity index (χ1n) is 17.5. The molecule has 0 radical (unpaired) electrons. The van der Waals surface area contributed by atoms with E-state index in [1.54, 1.807) is 5.56 Å². The van der Waals surface area contributed by atoms with Crippen molar-refractivity contribution in [3.63, 3.8) is 0 Å². The molecule has 2 aromatic rings. The number of anilines is 2. The number of rotatable bonds is 3. The van der Waals surface area contributed by atoms with Crippen LogP contribution in [0.25, 0.3) is 0 Å². The Morgan fingerprint density at radius 1 is 0.909 bits per heavy atom. The Morgan fingerprint density at radius 3 is 2.43 bits per heavy atom. The summed E-state index contributed by atoms with van der Waals surface area (Å²) in [5.41, 5.74) is 7.46. The third-order valence-electron chi connectivity index (χ3n) is 14.8. The van der Waals surface area contributed by atoms with Crippen molar-refractivity contribution in [1.29, 1.82) is 0 Å². The second-order valence-electron chi connectivity index (χ2n) is 15.8. The van der Waals surface area contributed by atoms with Crippen molar-refractivity contribution in [2.24, 2.45) is 29.6 Å². The van der Waals surface area contributed by atoms with E-state index in [2.05, 4.69) is 94.2 Å². The number of nitrogens with one attached hydrogen (secondary N) is 2. The van der Waals surface area contributed by atoms with Gasteiger partial charge in [-0.25, -0.2) is 0 Å². The molecule has 0 amide bonds. The molecule has 2 saturated carbocycles. The van der Waals surface area contributed by atoms with Gasteiger partial charge >= 0.3 is 0 Å². The van der Waals surface area contributed by atoms with Crippen LogP contribution in [0.1, 0.15) is 43.7 Å². The van der Waals surface area contributed by atoms with E-state index in [-0.39, 0.29) is 29.5 Å². The smallest absolute Gasteiger partial charge is 0.0596 e. The molecule has 6 fully saturated rings.